The molecule has 1 aliphatic rings. The van der Waals surface area contributed by atoms with Crippen LogP contribution in [0.25, 0.3) is 11.3 Å². The van der Waals surface area contributed by atoms with Crippen LogP contribution in [0.1, 0.15) is 30.1 Å². The predicted octanol–water partition coefficient (Wildman–Crippen LogP) is 3.57. The summed E-state index contributed by atoms with van der Waals surface area (Å²) in [5.41, 5.74) is 8.75. The summed E-state index contributed by atoms with van der Waals surface area (Å²) in [4.78, 5) is 8.88. The first-order valence-electron chi connectivity index (χ1n) is 6.04. The molecule has 1 aromatic carbocycles. The lowest BCUT2D eigenvalue weighted by Crippen LogP contribution is -2.00. The zero-order chi connectivity index (χ0) is 12.7. The molecule has 3 nitrogen and oxygen atoms in total. The van der Waals surface area contributed by atoms with E-state index < -0.39 is 0 Å². The first kappa shape index (κ1) is 11.5. The summed E-state index contributed by atoms with van der Waals surface area (Å²) < 4.78 is 0. The Labute approximate surface area is 111 Å². The zero-order valence-electron chi connectivity index (χ0n) is 10.2. The largest absolute Gasteiger partial charge is 0.384 e. The number of anilines is 1. The molecule has 1 aromatic heterocycles. The maximum Gasteiger partial charge on any atom is 0.134 e. The smallest absolute Gasteiger partial charge is 0.134 e. The van der Waals surface area contributed by atoms with E-state index in [4.69, 9.17) is 17.3 Å². The Hall–Kier alpha value is -1.61. The average molecular weight is 260 g/mol. The second kappa shape index (κ2) is 4.25. The maximum absolute atomic E-state index is 6.14. The van der Waals surface area contributed by atoms with Crippen LogP contribution in [-0.2, 0) is 0 Å². The molecule has 3 rings (SSSR count). The number of aromatic nitrogens is 2. The molecule has 4 heteroatoms. The highest BCUT2D eigenvalue weighted by Gasteiger charge is 2.27. The molecule has 1 heterocycles. The molecule has 0 saturated heterocycles. The lowest BCUT2D eigenvalue weighted by Gasteiger charge is -2.06. The van der Waals surface area contributed by atoms with Gasteiger partial charge in [-0.05, 0) is 31.4 Å². The number of benzene rings is 1. The first-order valence-corrected chi connectivity index (χ1v) is 6.42. The Kier molecular flexibility index (Phi) is 2.71. The summed E-state index contributed by atoms with van der Waals surface area (Å²) in [5, 5.41) is 0.748. The van der Waals surface area contributed by atoms with Crippen molar-refractivity contribution in [3.05, 3.63) is 40.7 Å². The minimum atomic E-state index is 0.494. The average Bonchev–Trinajstić information content (AvgIpc) is 3.16. The van der Waals surface area contributed by atoms with Gasteiger partial charge in [-0.25, -0.2) is 9.97 Å². The van der Waals surface area contributed by atoms with Crippen molar-refractivity contribution in [2.75, 3.05) is 5.73 Å². The molecule has 0 amide bonds. The fraction of sp³-hybridized carbons (Fsp3) is 0.286. The Morgan fingerprint density at radius 3 is 2.67 bits per heavy atom. The van der Waals surface area contributed by atoms with E-state index in [0.717, 1.165) is 40.5 Å². The van der Waals surface area contributed by atoms with Gasteiger partial charge in [-0.1, -0.05) is 23.7 Å². The van der Waals surface area contributed by atoms with Crippen LogP contribution >= 0.6 is 11.6 Å². The Bertz CT molecular complexity index is 606. The van der Waals surface area contributed by atoms with Gasteiger partial charge in [-0.15, -0.1) is 0 Å². The van der Waals surface area contributed by atoms with E-state index in [1.807, 2.05) is 25.1 Å². The molecule has 0 unspecified atom stereocenters. The normalized spacial score (nSPS) is 14.8. The van der Waals surface area contributed by atoms with Crippen LogP contribution in [0, 0.1) is 6.92 Å². The quantitative estimate of drug-likeness (QED) is 0.897. The third-order valence-corrected chi connectivity index (χ3v) is 3.58. The molecule has 0 spiro atoms. The molecule has 1 aliphatic carbocycles. The molecule has 2 N–H and O–H groups in total. The molecule has 92 valence electrons. The van der Waals surface area contributed by atoms with E-state index in [-0.39, 0.29) is 0 Å². The van der Waals surface area contributed by atoms with Gasteiger partial charge in [0.25, 0.3) is 0 Å². The lowest BCUT2D eigenvalue weighted by atomic mass is 10.1. The van der Waals surface area contributed by atoms with Gasteiger partial charge in [0.2, 0.25) is 0 Å². The summed E-state index contributed by atoms with van der Waals surface area (Å²) in [6.45, 7) is 1.98. The number of aryl methyl sites for hydroxylation is 1. The van der Waals surface area contributed by atoms with Crippen molar-refractivity contribution in [2.24, 2.45) is 0 Å². The van der Waals surface area contributed by atoms with E-state index >= 15 is 0 Å². The van der Waals surface area contributed by atoms with Crippen molar-refractivity contribution >= 4 is 17.4 Å². The van der Waals surface area contributed by atoms with Crippen molar-refractivity contribution in [3.8, 4) is 11.3 Å². The topological polar surface area (TPSA) is 51.8 Å². The second-order valence-electron chi connectivity index (χ2n) is 4.77. The SMILES string of the molecule is Cc1ccc(-c2cc(N)nc(C3CC3)n2)cc1Cl. The van der Waals surface area contributed by atoms with Gasteiger partial charge in [0.05, 0.1) is 5.69 Å². The van der Waals surface area contributed by atoms with Gasteiger partial charge in [-0.3, -0.25) is 0 Å². The summed E-state index contributed by atoms with van der Waals surface area (Å²) in [6, 6.07) is 7.73. The minimum absolute atomic E-state index is 0.494. The molecule has 0 radical (unpaired) electrons. The zero-order valence-corrected chi connectivity index (χ0v) is 10.9. The highest BCUT2D eigenvalue weighted by molar-refractivity contribution is 6.31. The van der Waals surface area contributed by atoms with Crippen LogP contribution in [-0.4, -0.2) is 9.97 Å². The molecule has 2 aromatic rings. The number of nitrogens with two attached hydrogens (primary N) is 1. The lowest BCUT2D eigenvalue weighted by molar-refractivity contribution is 0.936. The number of halogens is 1. The first-order chi connectivity index (χ1) is 8.63. The van der Waals surface area contributed by atoms with Crippen LogP contribution < -0.4 is 5.73 Å². The number of rotatable bonds is 2. The van der Waals surface area contributed by atoms with Crippen LogP contribution in [0.2, 0.25) is 5.02 Å². The van der Waals surface area contributed by atoms with Crippen molar-refractivity contribution < 1.29 is 0 Å². The van der Waals surface area contributed by atoms with E-state index in [0.29, 0.717) is 11.7 Å². The fourth-order valence-electron chi connectivity index (χ4n) is 1.91. The van der Waals surface area contributed by atoms with Crippen LogP contribution in [0.5, 0.6) is 0 Å². The van der Waals surface area contributed by atoms with Crippen LogP contribution in [0.4, 0.5) is 5.82 Å². The number of nitrogen functional groups attached to an aromatic ring is 1. The van der Waals surface area contributed by atoms with Gasteiger partial charge < -0.3 is 5.73 Å². The molecule has 0 aliphatic heterocycles. The second-order valence-corrected chi connectivity index (χ2v) is 5.18. The highest BCUT2D eigenvalue weighted by atomic mass is 35.5. The van der Waals surface area contributed by atoms with Crippen molar-refractivity contribution in [1.29, 1.82) is 0 Å². The maximum atomic E-state index is 6.14. The van der Waals surface area contributed by atoms with Crippen molar-refractivity contribution in [1.82, 2.24) is 9.97 Å². The summed E-state index contributed by atoms with van der Waals surface area (Å²) >= 11 is 6.14. The Morgan fingerprint density at radius 1 is 1.22 bits per heavy atom. The number of hydrogen-bond donors (Lipinski definition) is 1. The van der Waals surface area contributed by atoms with E-state index in [9.17, 15) is 0 Å². The molecular formula is C14H14ClN3. The Balaban J connectivity index is 2.07. The monoisotopic (exact) mass is 259 g/mol. The highest BCUT2D eigenvalue weighted by Crippen LogP contribution is 2.39. The molecule has 1 fully saturated rings. The van der Waals surface area contributed by atoms with E-state index in [2.05, 4.69) is 9.97 Å². The van der Waals surface area contributed by atoms with Crippen molar-refractivity contribution in [3.63, 3.8) is 0 Å². The van der Waals surface area contributed by atoms with Crippen LogP contribution in [0.15, 0.2) is 24.3 Å². The molecule has 0 bridgehead atoms. The van der Waals surface area contributed by atoms with E-state index in [1.54, 1.807) is 6.07 Å². The van der Waals surface area contributed by atoms with Gasteiger partial charge in [0.15, 0.2) is 0 Å². The predicted molar refractivity (Wildman–Crippen MR) is 73.6 cm³/mol. The Morgan fingerprint density at radius 2 is 2.00 bits per heavy atom. The third-order valence-electron chi connectivity index (χ3n) is 3.17. The molecule has 0 atom stereocenters. The van der Waals surface area contributed by atoms with Gasteiger partial charge >= 0.3 is 0 Å². The number of hydrogen-bond acceptors (Lipinski definition) is 3. The standard InChI is InChI=1S/C14H14ClN3/c1-8-2-3-10(6-11(8)15)12-7-13(16)18-14(17-12)9-4-5-9/h2-3,6-7,9H,4-5H2,1H3,(H2,16,17,18). The summed E-state index contributed by atoms with van der Waals surface area (Å²) in [7, 11) is 0. The molecular weight excluding hydrogens is 246 g/mol. The number of nitrogens with zero attached hydrogens (tertiary/aromatic N) is 2. The van der Waals surface area contributed by atoms with Gasteiger partial charge in [0, 0.05) is 22.6 Å². The summed E-state index contributed by atoms with van der Waals surface area (Å²) in [6.07, 6.45) is 2.33. The third kappa shape index (κ3) is 2.18. The van der Waals surface area contributed by atoms with Gasteiger partial charge in [0.1, 0.15) is 11.6 Å². The summed E-state index contributed by atoms with van der Waals surface area (Å²) in [5.74, 6) is 1.88. The fourth-order valence-corrected chi connectivity index (χ4v) is 2.09. The molecule has 1 saturated carbocycles. The van der Waals surface area contributed by atoms with E-state index in [1.165, 1.54) is 0 Å². The van der Waals surface area contributed by atoms with Crippen molar-refractivity contribution in [2.45, 2.75) is 25.7 Å². The van der Waals surface area contributed by atoms with Gasteiger partial charge in [-0.2, -0.15) is 0 Å². The van der Waals surface area contributed by atoms with Crippen LogP contribution in [0.3, 0.4) is 0 Å². The molecule has 18 heavy (non-hydrogen) atoms. The minimum Gasteiger partial charge on any atom is -0.384 e.